The molecule has 0 radical (unpaired) electrons. The molecule has 1 aromatic carbocycles. The Kier molecular flexibility index (Phi) is 3.48. The molecule has 1 atom stereocenters. The zero-order chi connectivity index (χ0) is 13.9. The minimum atomic E-state index is -0.158. The Morgan fingerprint density at radius 2 is 2.20 bits per heavy atom. The quantitative estimate of drug-likeness (QED) is 0.867. The summed E-state index contributed by atoms with van der Waals surface area (Å²) in [5.74, 6) is 0.526. The average molecular weight is 268 g/mol. The van der Waals surface area contributed by atoms with Gasteiger partial charge in [-0.3, -0.25) is 9.78 Å². The molecule has 1 aromatic heterocycles. The third-order valence-electron chi connectivity index (χ3n) is 3.64. The molecule has 1 N–H and O–H groups in total. The fourth-order valence-corrected chi connectivity index (χ4v) is 2.60. The fraction of sp³-hybridized carbons (Fsp3) is 0.250. The van der Waals surface area contributed by atoms with Crippen molar-refractivity contribution in [1.82, 2.24) is 10.3 Å². The second-order valence-electron chi connectivity index (χ2n) is 4.86. The molecule has 0 saturated carbocycles. The maximum Gasteiger partial charge on any atom is 0.173 e. The molecule has 1 unspecified atom stereocenters. The van der Waals surface area contributed by atoms with Gasteiger partial charge in [-0.05, 0) is 17.2 Å². The van der Waals surface area contributed by atoms with E-state index in [2.05, 4.69) is 16.4 Å². The van der Waals surface area contributed by atoms with Crippen LogP contribution in [-0.4, -0.2) is 24.4 Å². The van der Waals surface area contributed by atoms with Crippen molar-refractivity contribution in [3.63, 3.8) is 0 Å². The normalized spacial score (nSPS) is 17.4. The minimum Gasteiger partial charge on any atom is -0.495 e. The van der Waals surface area contributed by atoms with E-state index in [0.29, 0.717) is 17.9 Å². The molecule has 20 heavy (non-hydrogen) atoms. The van der Waals surface area contributed by atoms with Gasteiger partial charge in [0.15, 0.2) is 5.78 Å². The van der Waals surface area contributed by atoms with E-state index in [1.807, 2.05) is 18.2 Å². The van der Waals surface area contributed by atoms with Gasteiger partial charge in [0.05, 0.1) is 19.2 Å². The zero-order valence-corrected chi connectivity index (χ0v) is 11.3. The molecule has 3 rings (SSSR count). The van der Waals surface area contributed by atoms with Gasteiger partial charge < -0.3 is 10.1 Å². The SMILES string of the molecule is COc1cncc(C(=O)C2CNCc3ccccc32)c1. The molecule has 0 spiro atoms. The molecule has 0 bridgehead atoms. The van der Waals surface area contributed by atoms with Crippen LogP contribution in [0.15, 0.2) is 42.7 Å². The van der Waals surface area contributed by atoms with E-state index in [-0.39, 0.29) is 11.7 Å². The van der Waals surface area contributed by atoms with Crippen molar-refractivity contribution in [3.8, 4) is 5.75 Å². The van der Waals surface area contributed by atoms with Gasteiger partial charge in [0.1, 0.15) is 5.75 Å². The number of rotatable bonds is 3. The smallest absolute Gasteiger partial charge is 0.173 e. The number of Topliss-reactive ketones (excluding diaryl/α,β-unsaturated/α-hetero) is 1. The Balaban J connectivity index is 1.95. The first-order chi connectivity index (χ1) is 9.79. The number of carbonyl (C=O) groups excluding carboxylic acids is 1. The van der Waals surface area contributed by atoms with Gasteiger partial charge in [-0.25, -0.2) is 0 Å². The molecule has 0 fully saturated rings. The maximum absolute atomic E-state index is 12.7. The Morgan fingerprint density at radius 3 is 3.05 bits per heavy atom. The second kappa shape index (κ2) is 5.43. The van der Waals surface area contributed by atoms with Gasteiger partial charge in [0.2, 0.25) is 0 Å². The first kappa shape index (κ1) is 12.8. The summed E-state index contributed by atoms with van der Waals surface area (Å²) in [5.41, 5.74) is 2.89. The van der Waals surface area contributed by atoms with Gasteiger partial charge in [-0.1, -0.05) is 24.3 Å². The van der Waals surface area contributed by atoms with Gasteiger partial charge in [0, 0.05) is 24.8 Å². The zero-order valence-electron chi connectivity index (χ0n) is 11.3. The van der Waals surface area contributed by atoms with Gasteiger partial charge in [-0.2, -0.15) is 0 Å². The third-order valence-corrected chi connectivity index (χ3v) is 3.64. The highest BCUT2D eigenvalue weighted by atomic mass is 16.5. The summed E-state index contributed by atoms with van der Waals surface area (Å²) in [6.45, 7) is 1.48. The maximum atomic E-state index is 12.7. The van der Waals surface area contributed by atoms with Crippen LogP contribution in [0.25, 0.3) is 0 Å². The number of fused-ring (bicyclic) bond motifs is 1. The number of hydrogen-bond donors (Lipinski definition) is 1. The second-order valence-corrected chi connectivity index (χ2v) is 4.86. The molecule has 2 heterocycles. The van der Waals surface area contributed by atoms with Crippen molar-refractivity contribution >= 4 is 5.78 Å². The molecule has 4 heteroatoms. The first-order valence-corrected chi connectivity index (χ1v) is 6.61. The van der Waals surface area contributed by atoms with E-state index in [1.54, 1.807) is 25.6 Å². The van der Waals surface area contributed by atoms with E-state index in [0.717, 1.165) is 12.1 Å². The summed E-state index contributed by atoms with van der Waals surface area (Å²) in [4.78, 5) is 16.8. The number of aromatic nitrogens is 1. The minimum absolute atomic E-state index is 0.0797. The van der Waals surface area contributed by atoms with Gasteiger partial charge in [0.25, 0.3) is 0 Å². The molecule has 1 aliphatic rings. The summed E-state index contributed by atoms with van der Waals surface area (Å²) in [5, 5.41) is 3.30. The molecule has 0 aliphatic carbocycles. The predicted molar refractivity (Wildman–Crippen MR) is 76.0 cm³/mol. The first-order valence-electron chi connectivity index (χ1n) is 6.61. The van der Waals surface area contributed by atoms with Crippen molar-refractivity contribution in [2.24, 2.45) is 0 Å². The van der Waals surface area contributed by atoms with Crippen LogP contribution >= 0.6 is 0 Å². The number of ketones is 1. The van der Waals surface area contributed by atoms with E-state index in [1.165, 1.54) is 5.56 Å². The van der Waals surface area contributed by atoms with Crippen molar-refractivity contribution in [2.75, 3.05) is 13.7 Å². The molecule has 2 aromatic rings. The van der Waals surface area contributed by atoms with Crippen LogP contribution < -0.4 is 10.1 Å². The van der Waals surface area contributed by atoms with Crippen LogP contribution in [0, 0.1) is 0 Å². The monoisotopic (exact) mass is 268 g/mol. The number of ether oxygens (including phenoxy) is 1. The number of benzene rings is 1. The lowest BCUT2D eigenvalue weighted by molar-refractivity contribution is 0.0954. The van der Waals surface area contributed by atoms with E-state index in [4.69, 9.17) is 4.74 Å². The molecular weight excluding hydrogens is 252 g/mol. The van der Waals surface area contributed by atoms with Crippen LogP contribution in [0.1, 0.15) is 27.4 Å². The average Bonchev–Trinajstić information content (AvgIpc) is 2.53. The molecule has 102 valence electrons. The molecule has 0 saturated heterocycles. The van der Waals surface area contributed by atoms with Crippen LogP contribution in [-0.2, 0) is 6.54 Å². The van der Waals surface area contributed by atoms with E-state index < -0.39 is 0 Å². The Hall–Kier alpha value is -2.20. The van der Waals surface area contributed by atoms with E-state index in [9.17, 15) is 4.79 Å². The standard InChI is InChI=1S/C16H16N2O2/c1-20-13-6-12(8-17-9-13)16(19)15-10-18-7-11-4-2-3-5-14(11)15/h2-6,8-9,15,18H,7,10H2,1H3. The highest BCUT2D eigenvalue weighted by Gasteiger charge is 2.27. The predicted octanol–water partition coefficient (Wildman–Crippen LogP) is 2.16. The number of methoxy groups -OCH3 is 1. The van der Waals surface area contributed by atoms with Crippen LogP contribution in [0.5, 0.6) is 5.75 Å². The third kappa shape index (κ3) is 2.30. The van der Waals surface area contributed by atoms with Gasteiger partial charge >= 0.3 is 0 Å². The van der Waals surface area contributed by atoms with Gasteiger partial charge in [-0.15, -0.1) is 0 Å². The van der Waals surface area contributed by atoms with Crippen LogP contribution in [0.2, 0.25) is 0 Å². The van der Waals surface area contributed by atoms with Crippen molar-refractivity contribution in [1.29, 1.82) is 0 Å². The van der Waals surface area contributed by atoms with Crippen molar-refractivity contribution < 1.29 is 9.53 Å². The number of carbonyl (C=O) groups is 1. The number of nitrogens with one attached hydrogen (secondary N) is 1. The van der Waals surface area contributed by atoms with Crippen LogP contribution in [0.4, 0.5) is 0 Å². The Morgan fingerprint density at radius 1 is 1.35 bits per heavy atom. The number of nitrogens with zero attached hydrogens (tertiary/aromatic N) is 1. The van der Waals surface area contributed by atoms with Crippen molar-refractivity contribution in [3.05, 3.63) is 59.4 Å². The Bertz CT molecular complexity index is 640. The molecule has 1 aliphatic heterocycles. The summed E-state index contributed by atoms with van der Waals surface area (Å²) in [6.07, 6.45) is 3.20. The highest BCUT2D eigenvalue weighted by Crippen LogP contribution is 2.27. The summed E-state index contributed by atoms with van der Waals surface area (Å²) >= 11 is 0. The number of hydrogen-bond acceptors (Lipinski definition) is 4. The largest absolute Gasteiger partial charge is 0.495 e. The van der Waals surface area contributed by atoms with Crippen molar-refractivity contribution in [2.45, 2.75) is 12.5 Å². The number of pyridine rings is 1. The summed E-state index contributed by atoms with van der Waals surface area (Å²) < 4.78 is 5.13. The molecule has 4 nitrogen and oxygen atoms in total. The highest BCUT2D eigenvalue weighted by molar-refractivity contribution is 6.01. The van der Waals surface area contributed by atoms with E-state index >= 15 is 0 Å². The van der Waals surface area contributed by atoms with Crippen LogP contribution in [0.3, 0.4) is 0 Å². The molecular formula is C16H16N2O2. The summed E-state index contributed by atoms with van der Waals surface area (Å²) in [7, 11) is 1.57. The lowest BCUT2D eigenvalue weighted by atomic mass is 9.85. The Labute approximate surface area is 117 Å². The molecule has 0 amide bonds. The fourth-order valence-electron chi connectivity index (χ4n) is 2.60. The lowest BCUT2D eigenvalue weighted by Crippen LogP contribution is -2.32. The lowest BCUT2D eigenvalue weighted by Gasteiger charge is -2.25. The topological polar surface area (TPSA) is 51.2 Å². The summed E-state index contributed by atoms with van der Waals surface area (Å²) in [6, 6.07) is 9.82.